The molecule has 0 bridgehead atoms. The van der Waals surface area contributed by atoms with Gasteiger partial charge in [0.2, 0.25) is 0 Å². The largest absolute Gasteiger partial charge is 0.494 e. The summed E-state index contributed by atoms with van der Waals surface area (Å²) in [5.74, 6) is 3.17. The maximum Gasteiger partial charge on any atom is 0.316 e. The summed E-state index contributed by atoms with van der Waals surface area (Å²) in [5, 5.41) is 5.35. The number of hydrogen-bond donors (Lipinski definition) is 2. The minimum absolute atomic E-state index is 0.0848. The van der Waals surface area contributed by atoms with E-state index < -0.39 is 0 Å². The maximum absolute atomic E-state index is 11.4. The number of amides is 2. The van der Waals surface area contributed by atoms with E-state index in [9.17, 15) is 4.79 Å². The van der Waals surface area contributed by atoms with Crippen LogP contribution in [-0.2, 0) is 0 Å². The Labute approximate surface area is 108 Å². The number of hydrogen-bond acceptors (Lipinski definition) is 2. The summed E-state index contributed by atoms with van der Waals surface area (Å²) in [6.45, 7) is 4.71. The van der Waals surface area contributed by atoms with Crippen molar-refractivity contribution in [1.29, 1.82) is 0 Å². The van der Waals surface area contributed by atoms with Gasteiger partial charge in [-0.3, -0.25) is 0 Å². The minimum atomic E-state index is -0.269. The van der Waals surface area contributed by atoms with Gasteiger partial charge >= 0.3 is 6.03 Å². The fourth-order valence-electron chi connectivity index (χ4n) is 1.48. The smallest absolute Gasteiger partial charge is 0.316 e. The van der Waals surface area contributed by atoms with Crippen LogP contribution in [0.2, 0.25) is 0 Å². The molecule has 1 aromatic carbocycles. The van der Waals surface area contributed by atoms with E-state index in [1.165, 1.54) is 0 Å². The molecule has 0 unspecified atom stereocenters. The minimum Gasteiger partial charge on any atom is -0.494 e. The summed E-state index contributed by atoms with van der Waals surface area (Å²) in [6, 6.07) is 7.27. The Morgan fingerprint density at radius 2 is 2.11 bits per heavy atom. The van der Waals surface area contributed by atoms with Gasteiger partial charge in [0, 0.05) is 0 Å². The van der Waals surface area contributed by atoms with E-state index in [-0.39, 0.29) is 18.6 Å². The molecule has 18 heavy (non-hydrogen) atoms. The molecule has 0 saturated carbocycles. The zero-order chi connectivity index (χ0) is 13.4. The molecule has 0 aliphatic carbocycles. The lowest BCUT2D eigenvalue weighted by Crippen LogP contribution is -2.37. The first-order valence-corrected chi connectivity index (χ1v) is 5.88. The molecule has 0 aliphatic heterocycles. The Balaban J connectivity index is 2.53. The Bertz CT molecular complexity index is 420. The van der Waals surface area contributed by atoms with Crippen LogP contribution in [0.3, 0.4) is 0 Å². The normalized spacial score (nSPS) is 11.2. The van der Waals surface area contributed by atoms with Crippen molar-refractivity contribution in [2.24, 2.45) is 0 Å². The van der Waals surface area contributed by atoms with E-state index in [1.54, 1.807) is 0 Å². The summed E-state index contributed by atoms with van der Waals surface area (Å²) in [5.41, 5.74) is 1.01. The van der Waals surface area contributed by atoms with Crippen molar-refractivity contribution >= 4 is 6.03 Å². The molecule has 4 nitrogen and oxygen atoms in total. The Hall–Kier alpha value is -2.15. The average molecular weight is 246 g/mol. The molecule has 2 amide bonds. The van der Waals surface area contributed by atoms with Crippen LogP contribution in [0.1, 0.15) is 25.5 Å². The topological polar surface area (TPSA) is 50.4 Å². The molecule has 0 heterocycles. The van der Waals surface area contributed by atoms with E-state index in [2.05, 4.69) is 16.6 Å². The van der Waals surface area contributed by atoms with Gasteiger partial charge in [-0.2, -0.15) is 0 Å². The van der Waals surface area contributed by atoms with Crippen LogP contribution in [0.4, 0.5) is 4.79 Å². The number of urea groups is 1. The van der Waals surface area contributed by atoms with E-state index in [1.807, 2.05) is 38.1 Å². The van der Waals surface area contributed by atoms with Crippen LogP contribution in [0.5, 0.6) is 5.75 Å². The zero-order valence-corrected chi connectivity index (χ0v) is 10.7. The Morgan fingerprint density at radius 1 is 1.44 bits per heavy atom. The molecule has 0 saturated heterocycles. The standard InChI is InChI=1S/C14H18N2O2/c1-4-10-15-14(17)16-11(3)12-6-8-13(9-7-12)18-5-2/h1,6-9,11H,5,10H2,2-3H3,(H2,15,16,17)/t11-/m1/s1. The highest BCUT2D eigenvalue weighted by Crippen LogP contribution is 2.17. The van der Waals surface area contributed by atoms with Gasteiger partial charge in [0.05, 0.1) is 19.2 Å². The summed E-state index contributed by atoms with van der Waals surface area (Å²) in [4.78, 5) is 11.4. The molecule has 0 aromatic heterocycles. The van der Waals surface area contributed by atoms with Gasteiger partial charge in [0.1, 0.15) is 5.75 Å². The highest BCUT2D eigenvalue weighted by atomic mass is 16.5. The van der Waals surface area contributed by atoms with Crippen LogP contribution < -0.4 is 15.4 Å². The first kappa shape index (κ1) is 13.9. The Kier molecular flexibility index (Phi) is 5.59. The highest BCUT2D eigenvalue weighted by molar-refractivity contribution is 5.74. The van der Waals surface area contributed by atoms with Crippen molar-refractivity contribution in [3.63, 3.8) is 0 Å². The highest BCUT2D eigenvalue weighted by Gasteiger charge is 2.08. The quantitative estimate of drug-likeness (QED) is 0.781. The molecule has 2 N–H and O–H groups in total. The monoisotopic (exact) mass is 246 g/mol. The van der Waals surface area contributed by atoms with Crippen molar-refractivity contribution in [3.8, 4) is 18.1 Å². The number of nitrogens with one attached hydrogen (secondary N) is 2. The zero-order valence-electron chi connectivity index (χ0n) is 10.7. The molecule has 4 heteroatoms. The molecule has 0 radical (unpaired) electrons. The predicted molar refractivity (Wildman–Crippen MR) is 71.4 cm³/mol. The third-order valence-corrected chi connectivity index (χ3v) is 2.39. The molecular weight excluding hydrogens is 228 g/mol. The van der Waals surface area contributed by atoms with Gasteiger partial charge in [0.15, 0.2) is 0 Å². The molecule has 1 rings (SSSR count). The first-order valence-electron chi connectivity index (χ1n) is 5.88. The number of carbonyl (C=O) groups is 1. The molecule has 0 fully saturated rings. The Morgan fingerprint density at radius 3 is 2.67 bits per heavy atom. The molecule has 96 valence electrons. The van der Waals surface area contributed by atoms with Gasteiger partial charge in [-0.05, 0) is 31.5 Å². The van der Waals surface area contributed by atoms with Gasteiger partial charge in [0.25, 0.3) is 0 Å². The van der Waals surface area contributed by atoms with Crippen LogP contribution in [0.25, 0.3) is 0 Å². The van der Waals surface area contributed by atoms with Gasteiger partial charge < -0.3 is 15.4 Å². The summed E-state index contributed by atoms with van der Waals surface area (Å²) < 4.78 is 5.35. The van der Waals surface area contributed by atoms with Crippen molar-refractivity contribution < 1.29 is 9.53 Å². The lowest BCUT2D eigenvalue weighted by atomic mass is 10.1. The molecule has 1 atom stereocenters. The average Bonchev–Trinajstić information content (AvgIpc) is 2.37. The van der Waals surface area contributed by atoms with Crippen LogP contribution in [0, 0.1) is 12.3 Å². The fourth-order valence-corrected chi connectivity index (χ4v) is 1.48. The lowest BCUT2D eigenvalue weighted by molar-refractivity contribution is 0.239. The van der Waals surface area contributed by atoms with Gasteiger partial charge in [-0.25, -0.2) is 4.79 Å². The van der Waals surface area contributed by atoms with Gasteiger partial charge in [-0.1, -0.05) is 18.1 Å². The summed E-state index contributed by atoms with van der Waals surface area (Å²) in [6.07, 6.45) is 5.06. The predicted octanol–water partition coefficient (Wildman–Crippen LogP) is 2.08. The number of benzene rings is 1. The van der Waals surface area contributed by atoms with Gasteiger partial charge in [-0.15, -0.1) is 6.42 Å². The van der Waals surface area contributed by atoms with Crippen molar-refractivity contribution in [2.45, 2.75) is 19.9 Å². The number of ether oxygens (including phenoxy) is 1. The van der Waals surface area contributed by atoms with Crippen LogP contribution in [-0.4, -0.2) is 19.2 Å². The molecule has 1 aromatic rings. The third kappa shape index (κ3) is 4.38. The molecule has 0 spiro atoms. The lowest BCUT2D eigenvalue weighted by Gasteiger charge is -2.15. The molecular formula is C14H18N2O2. The summed E-state index contributed by atoms with van der Waals surface area (Å²) in [7, 11) is 0. The maximum atomic E-state index is 11.4. The third-order valence-electron chi connectivity index (χ3n) is 2.39. The second kappa shape index (κ2) is 7.23. The number of rotatable bonds is 5. The van der Waals surface area contributed by atoms with E-state index >= 15 is 0 Å². The fraction of sp³-hybridized carbons (Fsp3) is 0.357. The first-order chi connectivity index (χ1) is 8.67. The van der Waals surface area contributed by atoms with E-state index in [0.29, 0.717) is 6.61 Å². The van der Waals surface area contributed by atoms with Crippen molar-refractivity contribution in [1.82, 2.24) is 10.6 Å². The second-order valence-electron chi connectivity index (χ2n) is 3.75. The molecule has 0 aliphatic rings. The summed E-state index contributed by atoms with van der Waals surface area (Å²) >= 11 is 0. The SMILES string of the molecule is C#CCNC(=O)N[C@H](C)c1ccc(OCC)cc1. The number of terminal acetylenes is 1. The van der Waals surface area contributed by atoms with Crippen LogP contribution >= 0.6 is 0 Å². The number of carbonyl (C=O) groups excluding carboxylic acids is 1. The van der Waals surface area contributed by atoms with E-state index in [4.69, 9.17) is 11.2 Å². The van der Waals surface area contributed by atoms with Crippen LogP contribution in [0.15, 0.2) is 24.3 Å². The van der Waals surface area contributed by atoms with E-state index in [0.717, 1.165) is 11.3 Å². The van der Waals surface area contributed by atoms with Crippen molar-refractivity contribution in [3.05, 3.63) is 29.8 Å². The second-order valence-corrected chi connectivity index (χ2v) is 3.75. The van der Waals surface area contributed by atoms with Crippen molar-refractivity contribution in [2.75, 3.05) is 13.2 Å².